The fourth-order valence-electron chi connectivity index (χ4n) is 2.53. The summed E-state index contributed by atoms with van der Waals surface area (Å²) in [7, 11) is 0. The molecule has 0 aromatic heterocycles. The number of hydrogen-bond donors (Lipinski definition) is 2. The molecule has 0 radical (unpaired) electrons. The summed E-state index contributed by atoms with van der Waals surface area (Å²) in [5, 5.41) is 4.09. The monoisotopic (exact) mass is 328 g/mol. The Morgan fingerprint density at radius 2 is 2.05 bits per heavy atom. The topological polar surface area (TPSA) is 55.1 Å². The highest BCUT2D eigenvalue weighted by Gasteiger charge is 2.45. The summed E-state index contributed by atoms with van der Waals surface area (Å²) in [5.41, 5.74) is 6.86. The first-order chi connectivity index (χ1) is 9.91. The Morgan fingerprint density at radius 3 is 2.67 bits per heavy atom. The predicted octanol–water partition coefficient (Wildman–Crippen LogP) is 3.73. The quantitative estimate of drug-likeness (QED) is 0.835. The molecule has 1 aliphatic rings. The third-order valence-corrected chi connectivity index (χ3v) is 5.36. The number of nitrogens with two attached hydrogens (primary N) is 1. The highest BCUT2D eigenvalue weighted by Crippen LogP contribution is 2.50. The zero-order chi connectivity index (χ0) is 15.6. The van der Waals surface area contributed by atoms with Crippen LogP contribution in [0.3, 0.4) is 0 Å². The maximum atomic E-state index is 12.2. The summed E-state index contributed by atoms with van der Waals surface area (Å²) in [6.07, 6.45) is 2.51. The molecule has 1 aliphatic carbocycles. The van der Waals surface area contributed by atoms with Crippen molar-refractivity contribution >= 4 is 29.1 Å². The predicted molar refractivity (Wildman–Crippen MR) is 87.8 cm³/mol. The van der Waals surface area contributed by atoms with Gasteiger partial charge in [-0.25, -0.2) is 0 Å². The maximum absolute atomic E-state index is 12.2. The first-order valence-corrected chi connectivity index (χ1v) is 8.18. The second-order valence-electron chi connectivity index (χ2n) is 5.88. The highest BCUT2D eigenvalue weighted by atomic mass is 35.5. The molecular formula is C16H22Cl2N2O. The van der Waals surface area contributed by atoms with Crippen LogP contribution in [-0.2, 0) is 4.79 Å². The van der Waals surface area contributed by atoms with E-state index in [9.17, 15) is 4.79 Å². The summed E-state index contributed by atoms with van der Waals surface area (Å²) in [6.45, 7) is 4.61. The van der Waals surface area contributed by atoms with Crippen molar-refractivity contribution in [2.45, 2.75) is 44.6 Å². The van der Waals surface area contributed by atoms with E-state index >= 15 is 0 Å². The first-order valence-electron chi connectivity index (χ1n) is 7.42. The molecule has 1 amide bonds. The zero-order valence-electron chi connectivity index (χ0n) is 12.5. The molecule has 0 heterocycles. The number of carbonyl (C=O) groups is 1. The third-order valence-electron chi connectivity index (χ3n) is 4.53. The summed E-state index contributed by atoms with van der Waals surface area (Å²) in [6, 6.07) is 5.57. The van der Waals surface area contributed by atoms with Crippen LogP contribution < -0.4 is 11.1 Å². The average Bonchev–Trinajstić information content (AvgIpc) is 3.27. The van der Waals surface area contributed by atoms with Gasteiger partial charge in [0, 0.05) is 18.0 Å². The Bertz CT molecular complexity index is 529. The second-order valence-corrected chi connectivity index (χ2v) is 6.66. The lowest BCUT2D eigenvalue weighted by Crippen LogP contribution is -2.49. The fourth-order valence-corrected chi connectivity index (χ4v) is 2.98. The van der Waals surface area contributed by atoms with Gasteiger partial charge in [0.2, 0.25) is 5.91 Å². The van der Waals surface area contributed by atoms with E-state index in [4.69, 9.17) is 28.9 Å². The maximum Gasteiger partial charge on any atom is 0.223 e. The molecular weight excluding hydrogens is 307 g/mol. The van der Waals surface area contributed by atoms with Gasteiger partial charge in [0.15, 0.2) is 0 Å². The molecule has 5 heteroatoms. The lowest BCUT2D eigenvalue weighted by Gasteiger charge is -2.26. The van der Waals surface area contributed by atoms with Crippen LogP contribution in [0.5, 0.6) is 0 Å². The first kappa shape index (κ1) is 16.6. The van der Waals surface area contributed by atoms with Gasteiger partial charge in [-0.05, 0) is 36.8 Å². The Kier molecular flexibility index (Phi) is 5.18. The van der Waals surface area contributed by atoms with Crippen LogP contribution in [0.25, 0.3) is 0 Å². The molecule has 1 aromatic carbocycles. The molecule has 2 atom stereocenters. The fraction of sp³-hybridized carbons (Fsp3) is 0.562. The number of halogens is 2. The van der Waals surface area contributed by atoms with Crippen molar-refractivity contribution in [3.05, 3.63) is 33.8 Å². The Morgan fingerprint density at radius 1 is 1.38 bits per heavy atom. The Balaban J connectivity index is 1.94. The van der Waals surface area contributed by atoms with Gasteiger partial charge < -0.3 is 11.1 Å². The Hall–Kier alpha value is -0.770. The number of benzene rings is 1. The van der Waals surface area contributed by atoms with E-state index in [2.05, 4.69) is 5.32 Å². The van der Waals surface area contributed by atoms with E-state index in [0.717, 1.165) is 24.8 Å². The number of amides is 1. The van der Waals surface area contributed by atoms with Crippen LogP contribution in [0.1, 0.15) is 44.6 Å². The molecule has 3 nitrogen and oxygen atoms in total. The van der Waals surface area contributed by atoms with Gasteiger partial charge in [-0.3, -0.25) is 4.79 Å². The number of hydrogen-bond acceptors (Lipinski definition) is 2. The molecule has 116 valence electrons. The third kappa shape index (κ3) is 3.71. The van der Waals surface area contributed by atoms with Gasteiger partial charge >= 0.3 is 0 Å². The lowest BCUT2D eigenvalue weighted by atomic mass is 9.94. The molecule has 1 saturated carbocycles. The van der Waals surface area contributed by atoms with Gasteiger partial charge in [0.05, 0.1) is 10.0 Å². The number of nitrogens with one attached hydrogen (secondary N) is 1. The molecule has 1 fully saturated rings. The van der Waals surface area contributed by atoms with Crippen LogP contribution in [0.15, 0.2) is 18.2 Å². The zero-order valence-corrected chi connectivity index (χ0v) is 14.0. The standard InChI is InChI=1S/C16H22Cl2N2O/c1-3-16(19,4-2)9-20-15(21)12-8-11(12)10-6-5-7-13(17)14(10)18/h5-7,11-12H,3-4,8-9,19H2,1-2H3,(H,20,21). The molecule has 2 rings (SSSR count). The van der Waals surface area contributed by atoms with E-state index in [1.165, 1.54) is 0 Å². The molecule has 0 saturated heterocycles. The van der Waals surface area contributed by atoms with Crippen molar-refractivity contribution in [2.24, 2.45) is 11.7 Å². The van der Waals surface area contributed by atoms with E-state index in [-0.39, 0.29) is 23.3 Å². The van der Waals surface area contributed by atoms with Crippen molar-refractivity contribution in [1.29, 1.82) is 0 Å². The normalized spacial score (nSPS) is 21.2. The van der Waals surface area contributed by atoms with Crippen LogP contribution >= 0.6 is 23.2 Å². The number of carbonyl (C=O) groups excluding carboxylic acids is 1. The van der Waals surface area contributed by atoms with Gasteiger partial charge in [-0.15, -0.1) is 0 Å². The Labute approximate surface area is 136 Å². The minimum Gasteiger partial charge on any atom is -0.354 e. The molecule has 2 unspecified atom stereocenters. The van der Waals surface area contributed by atoms with Crippen molar-refractivity contribution in [2.75, 3.05) is 6.54 Å². The van der Waals surface area contributed by atoms with Gasteiger partial charge in [-0.2, -0.15) is 0 Å². The van der Waals surface area contributed by atoms with E-state index < -0.39 is 0 Å². The van der Waals surface area contributed by atoms with Crippen LogP contribution in [0.4, 0.5) is 0 Å². The van der Waals surface area contributed by atoms with E-state index in [0.29, 0.717) is 16.6 Å². The molecule has 21 heavy (non-hydrogen) atoms. The molecule has 0 spiro atoms. The largest absolute Gasteiger partial charge is 0.354 e. The van der Waals surface area contributed by atoms with Crippen LogP contribution in [0, 0.1) is 5.92 Å². The van der Waals surface area contributed by atoms with Gasteiger partial charge in [0.1, 0.15) is 0 Å². The van der Waals surface area contributed by atoms with Crippen LogP contribution in [0.2, 0.25) is 10.0 Å². The smallest absolute Gasteiger partial charge is 0.223 e. The summed E-state index contributed by atoms with van der Waals surface area (Å²) < 4.78 is 0. The minimum atomic E-state index is -0.312. The molecule has 1 aromatic rings. The second kappa shape index (κ2) is 6.55. The highest BCUT2D eigenvalue weighted by molar-refractivity contribution is 6.42. The minimum absolute atomic E-state index is 0.0149. The van der Waals surface area contributed by atoms with E-state index in [1.54, 1.807) is 6.07 Å². The average molecular weight is 329 g/mol. The van der Waals surface area contributed by atoms with Gasteiger partial charge in [0.25, 0.3) is 0 Å². The molecule has 0 bridgehead atoms. The SMILES string of the molecule is CCC(N)(CC)CNC(=O)C1CC1c1cccc(Cl)c1Cl. The van der Waals surface area contributed by atoms with Crippen molar-refractivity contribution in [1.82, 2.24) is 5.32 Å². The summed E-state index contributed by atoms with van der Waals surface area (Å²) in [5.74, 6) is 0.221. The molecule has 3 N–H and O–H groups in total. The van der Waals surface area contributed by atoms with Crippen molar-refractivity contribution in [3.63, 3.8) is 0 Å². The molecule has 0 aliphatic heterocycles. The lowest BCUT2D eigenvalue weighted by molar-refractivity contribution is -0.122. The van der Waals surface area contributed by atoms with E-state index in [1.807, 2.05) is 26.0 Å². The number of rotatable bonds is 6. The van der Waals surface area contributed by atoms with Gasteiger partial charge in [-0.1, -0.05) is 49.2 Å². The summed E-state index contributed by atoms with van der Waals surface area (Å²) in [4.78, 5) is 12.2. The summed E-state index contributed by atoms with van der Waals surface area (Å²) >= 11 is 12.2. The van der Waals surface area contributed by atoms with Crippen LogP contribution in [-0.4, -0.2) is 18.0 Å². The van der Waals surface area contributed by atoms with Crippen molar-refractivity contribution in [3.8, 4) is 0 Å². The van der Waals surface area contributed by atoms with Crippen molar-refractivity contribution < 1.29 is 4.79 Å².